The van der Waals surface area contributed by atoms with Crippen LogP contribution in [0.4, 0.5) is 11.4 Å². The summed E-state index contributed by atoms with van der Waals surface area (Å²) in [5.41, 5.74) is 1.56. The molecular weight excluding hydrogens is 466 g/mol. The number of non-ortho nitro benzene ring substituents is 1. The number of nitro groups is 1. The molecule has 1 heterocycles. The average molecular weight is 492 g/mol. The van der Waals surface area contributed by atoms with Gasteiger partial charge in [0.05, 0.1) is 43.9 Å². The van der Waals surface area contributed by atoms with Crippen LogP contribution in [0.5, 0.6) is 17.2 Å². The van der Waals surface area contributed by atoms with Crippen LogP contribution in [-0.2, 0) is 4.79 Å². The normalized spacial score (nSPS) is 16.7. The molecule has 0 aliphatic carbocycles. The maximum Gasteiger partial charge on any atom is 0.271 e. The van der Waals surface area contributed by atoms with E-state index in [2.05, 4.69) is 5.32 Å². The molecule has 0 spiro atoms. The first-order valence-corrected chi connectivity index (χ1v) is 11.0. The summed E-state index contributed by atoms with van der Waals surface area (Å²) in [7, 11) is 6.07. The molecule has 1 N–H and O–H groups in total. The fraction of sp³-hybridized carbons (Fsp3) is 0.231. The number of carbonyl (C=O) groups is 2. The standard InChI is InChI=1S/C26H25N3O7/c1-28-24(15-9-11-21(35-3)22(13-15)36-4)23(17-7-5-6-8-18(17)26(28)31)25(30)27-19-14-16(29(32)33)10-12-20(19)34-2/h5-14,23-24H,1-4H3,(H,27,30)/t23-,24-/m0/s1. The number of methoxy groups -OCH3 is 3. The van der Waals surface area contributed by atoms with Crippen molar-refractivity contribution in [2.24, 2.45) is 0 Å². The minimum atomic E-state index is -0.842. The minimum absolute atomic E-state index is 0.153. The Balaban J connectivity index is 1.84. The third-order valence-electron chi connectivity index (χ3n) is 6.26. The zero-order valence-corrected chi connectivity index (χ0v) is 20.2. The lowest BCUT2D eigenvalue weighted by molar-refractivity contribution is -0.384. The lowest BCUT2D eigenvalue weighted by atomic mass is 9.79. The van der Waals surface area contributed by atoms with E-state index in [9.17, 15) is 19.7 Å². The Hall–Kier alpha value is -4.60. The number of amides is 2. The second-order valence-corrected chi connectivity index (χ2v) is 8.17. The molecule has 0 fully saturated rings. The van der Waals surface area contributed by atoms with Gasteiger partial charge in [-0.25, -0.2) is 0 Å². The molecule has 10 heteroatoms. The quantitative estimate of drug-likeness (QED) is 0.389. The van der Waals surface area contributed by atoms with Gasteiger partial charge in [0, 0.05) is 24.7 Å². The maximum atomic E-state index is 13.9. The Morgan fingerprint density at radius 3 is 2.28 bits per heavy atom. The number of benzene rings is 3. The summed E-state index contributed by atoms with van der Waals surface area (Å²) >= 11 is 0. The van der Waals surface area contributed by atoms with Crippen LogP contribution in [0, 0.1) is 10.1 Å². The number of anilines is 1. The summed E-state index contributed by atoms with van der Waals surface area (Å²) in [5.74, 6) is -0.304. The van der Waals surface area contributed by atoms with Gasteiger partial charge in [-0.15, -0.1) is 0 Å². The van der Waals surface area contributed by atoms with Crippen LogP contribution < -0.4 is 19.5 Å². The van der Waals surface area contributed by atoms with Crippen LogP contribution in [0.1, 0.15) is 33.4 Å². The van der Waals surface area contributed by atoms with Gasteiger partial charge in [-0.3, -0.25) is 19.7 Å². The first-order valence-electron chi connectivity index (χ1n) is 11.0. The molecule has 10 nitrogen and oxygen atoms in total. The summed E-state index contributed by atoms with van der Waals surface area (Å²) in [6, 6.07) is 15.4. The lowest BCUT2D eigenvalue weighted by Gasteiger charge is -2.40. The monoisotopic (exact) mass is 491 g/mol. The molecule has 0 bridgehead atoms. The van der Waals surface area contributed by atoms with Gasteiger partial charge in [0.1, 0.15) is 5.75 Å². The van der Waals surface area contributed by atoms with Crippen molar-refractivity contribution < 1.29 is 28.7 Å². The summed E-state index contributed by atoms with van der Waals surface area (Å²) in [5, 5.41) is 14.1. The van der Waals surface area contributed by atoms with Crippen molar-refractivity contribution >= 4 is 23.2 Å². The molecule has 3 aromatic rings. The van der Waals surface area contributed by atoms with Crippen LogP contribution in [0.2, 0.25) is 0 Å². The molecular formula is C26H25N3O7. The van der Waals surface area contributed by atoms with Crippen molar-refractivity contribution in [1.29, 1.82) is 0 Å². The van der Waals surface area contributed by atoms with E-state index in [-0.39, 0.29) is 23.0 Å². The Kier molecular flexibility index (Phi) is 6.77. The van der Waals surface area contributed by atoms with Crippen molar-refractivity contribution in [3.63, 3.8) is 0 Å². The molecule has 0 aromatic heterocycles. The molecule has 3 aromatic carbocycles. The zero-order valence-electron chi connectivity index (χ0n) is 20.2. The van der Waals surface area contributed by atoms with Crippen LogP contribution in [0.15, 0.2) is 60.7 Å². The van der Waals surface area contributed by atoms with Gasteiger partial charge in [-0.2, -0.15) is 0 Å². The topological polar surface area (TPSA) is 120 Å². The SMILES string of the molecule is COc1ccc([N+](=O)[O-])cc1NC(=O)[C@H]1c2ccccc2C(=O)N(C)[C@H]1c1ccc(OC)c(OC)c1. The van der Waals surface area contributed by atoms with Crippen molar-refractivity contribution in [3.05, 3.63) is 87.5 Å². The molecule has 0 unspecified atom stereocenters. The summed E-state index contributed by atoms with van der Waals surface area (Å²) in [6.07, 6.45) is 0. The van der Waals surface area contributed by atoms with Crippen molar-refractivity contribution in [2.45, 2.75) is 12.0 Å². The van der Waals surface area contributed by atoms with Crippen LogP contribution in [0.25, 0.3) is 0 Å². The summed E-state index contributed by atoms with van der Waals surface area (Å²) < 4.78 is 16.1. The highest BCUT2D eigenvalue weighted by Crippen LogP contribution is 2.44. The molecule has 0 radical (unpaired) electrons. The van der Waals surface area contributed by atoms with E-state index in [4.69, 9.17) is 14.2 Å². The fourth-order valence-corrected chi connectivity index (χ4v) is 4.53. The van der Waals surface area contributed by atoms with Gasteiger partial charge >= 0.3 is 0 Å². The van der Waals surface area contributed by atoms with Gasteiger partial charge in [0.2, 0.25) is 5.91 Å². The van der Waals surface area contributed by atoms with Gasteiger partial charge < -0.3 is 24.4 Å². The molecule has 2 amide bonds. The van der Waals surface area contributed by atoms with E-state index in [0.29, 0.717) is 28.2 Å². The van der Waals surface area contributed by atoms with Gasteiger partial charge in [0.15, 0.2) is 11.5 Å². The Bertz CT molecular complexity index is 1340. The van der Waals surface area contributed by atoms with Crippen molar-refractivity contribution in [1.82, 2.24) is 4.90 Å². The largest absolute Gasteiger partial charge is 0.495 e. The van der Waals surface area contributed by atoms with E-state index in [1.54, 1.807) is 49.5 Å². The highest BCUT2D eigenvalue weighted by atomic mass is 16.6. The van der Waals surface area contributed by atoms with Gasteiger partial charge in [-0.1, -0.05) is 24.3 Å². The third kappa shape index (κ3) is 4.28. The van der Waals surface area contributed by atoms with E-state index in [1.165, 1.54) is 44.4 Å². The zero-order chi connectivity index (χ0) is 26.0. The average Bonchev–Trinajstić information content (AvgIpc) is 2.89. The molecule has 0 saturated heterocycles. The minimum Gasteiger partial charge on any atom is -0.495 e. The van der Waals surface area contributed by atoms with E-state index >= 15 is 0 Å². The number of rotatable bonds is 7. The van der Waals surface area contributed by atoms with Crippen LogP contribution in [-0.4, -0.2) is 50.0 Å². The molecule has 0 saturated carbocycles. The second kappa shape index (κ2) is 9.95. The number of nitrogens with zero attached hydrogens (tertiary/aromatic N) is 2. The Morgan fingerprint density at radius 2 is 1.61 bits per heavy atom. The predicted octanol–water partition coefficient (Wildman–Crippen LogP) is 4.17. The molecule has 36 heavy (non-hydrogen) atoms. The number of fused-ring (bicyclic) bond motifs is 1. The molecule has 1 aliphatic rings. The predicted molar refractivity (Wildman–Crippen MR) is 132 cm³/mol. The number of hydrogen-bond acceptors (Lipinski definition) is 7. The lowest BCUT2D eigenvalue weighted by Crippen LogP contribution is -2.44. The van der Waals surface area contributed by atoms with E-state index in [1.807, 2.05) is 0 Å². The van der Waals surface area contributed by atoms with Crippen LogP contribution in [0.3, 0.4) is 0 Å². The summed E-state index contributed by atoms with van der Waals surface area (Å²) in [6.45, 7) is 0. The van der Waals surface area contributed by atoms with Crippen molar-refractivity contribution in [3.8, 4) is 17.2 Å². The molecule has 186 valence electrons. The third-order valence-corrected chi connectivity index (χ3v) is 6.26. The molecule has 4 rings (SSSR count). The van der Waals surface area contributed by atoms with Gasteiger partial charge in [-0.05, 0) is 35.4 Å². The highest BCUT2D eigenvalue weighted by Gasteiger charge is 2.43. The Labute approximate surface area is 207 Å². The van der Waals surface area contributed by atoms with Gasteiger partial charge in [0.25, 0.3) is 11.6 Å². The Morgan fingerprint density at radius 1 is 0.944 bits per heavy atom. The summed E-state index contributed by atoms with van der Waals surface area (Å²) in [4.78, 5) is 39.4. The van der Waals surface area contributed by atoms with Crippen LogP contribution >= 0.6 is 0 Å². The van der Waals surface area contributed by atoms with E-state index < -0.39 is 22.8 Å². The number of ether oxygens (including phenoxy) is 3. The highest BCUT2D eigenvalue weighted by molar-refractivity contribution is 6.04. The molecule has 2 atom stereocenters. The molecule has 1 aliphatic heterocycles. The number of likely N-dealkylation sites (N-methyl/N-ethyl adjacent to an activating group) is 1. The number of carbonyl (C=O) groups excluding carboxylic acids is 2. The first kappa shape index (κ1) is 24.5. The van der Waals surface area contributed by atoms with Crippen molar-refractivity contribution in [2.75, 3.05) is 33.7 Å². The number of nitro benzene ring substituents is 1. The fourth-order valence-electron chi connectivity index (χ4n) is 4.53. The smallest absolute Gasteiger partial charge is 0.271 e. The maximum absolute atomic E-state index is 13.9. The second-order valence-electron chi connectivity index (χ2n) is 8.17. The van der Waals surface area contributed by atoms with E-state index in [0.717, 1.165) is 0 Å². The first-order chi connectivity index (χ1) is 17.3. The number of nitrogens with one attached hydrogen (secondary N) is 1. The number of hydrogen-bond donors (Lipinski definition) is 1.